The van der Waals surface area contributed by atoms with Gasteiger partial charge in [-0.25, -0.2) is 0 Å². The number of aromatic amines is 1. The molecule has 0 aliphatic heterocycles. The summed E-state index contributed by atoms with van der Waals surface area (Å²) in [5.41, 5.74) is 3.31. The predicted molar refractivity (Wildman–Crippen MR) is 89.7 cm³/mol. The highest BCUT2D eigenvalue weighted by Crippen LogP contribution is 2.26. The third-order valence-corrected chi connectivity index (χ3v) is 3.88. The third-order valence-electron chi connectivity index (χ3n) is 3.88. The van der Waals surface area contributed by atoms with E-state index in [1.807, 2.05) is 56.3 Å². The lowest BCUT2D eigenvalue weighted by Crippen LogP contribution is -2.27. The molecule has 3 aromatic rings. The van der Waals surface area contributed by atoms with Gasteiger partial charge in [-0.2, -0.15) is 5.10 Å². The summed E-state index contributed by atoms with van der Waals surface area (Å²) >= 11 is 0. The minimum Gasteiger partial charge on any atom is -0.496 e. The van der Waals surface area contributed by atoms with Crippen molar-refractivity contribution in [2.24, 2.45) is 0 Å². The number of hydrogen-bond donors (Lipinski definition) is 2. The van der Waals surface area contributed by atoms with Crippen molar-refractivity contribution in [3.8, 4) is 5.75 Å². The Morgan fingerprint density at radius 1 is 1.26 bits per heavy atom. The van der Waals surface area contributed by atoms with Gasteiger partial charge in [-0.05, 0) is 26.0 Å². The topological polar surface area (TPSA) is 67.0 Å². The Kier molecular flexibility index (Phi) is 4.02. The highest BCUT2D eigenvalue weighted by atomic mass is 16.5. The molecule has 3 rings (SSSR count). The van der Waals surface area contributed by atoms with Gasteiger partial charge in [-0.15, -0.1) is 0 Å². The molecule has 1 aromatic heterocycles. The standard InChI is InChI=1S/C18H19N3O2/c1-11-8-9-16(23-3)14(10-11)12(2)19-18(22)17-13-6-4-5-7-15(13)20-21-17/h4-10,12H,1-3H3,(H,19,22)(H,20,21). The maximum Gasteiger partial charge on any atom is 0.272 e. The number of rotatable bonds is 4. The molecule has 0 radical (unpaired) electrons. The zero-order valence-electron chi connectivity index (χ0n) is 13.4. The molecule has 0 aliphatic carbocycles. The number of hydrogen-bond acceptors (Lipinski definition) is 3. The van der Waals surface area contributed by atoms with E-state index in [9.17, 15) is 4.79 Å². The number of benzene rings is 2. The van der Waals surface area contributed by atoms with Crippen LogP contribution in [0.2, 0.25) is 0 Å². The summed E-state index contributed by atoms with van der Waals surface area (Å²) < 4.78 is 5.39. The number of carbonyl (C=O) groups excluding carboxylic acids is 1. The Labute approximate surface area is 134 Å². The van der Waals surface area contributed by atoms with Crippen LogP contribution in [0.25, 0.3) is 10.9 Å². The average molecular weight is 309 g/mol. The molecule has 5 nitrogen and oxygen atoms in total. The number of methoxy groups -OCH3 is 1. The molecule has 0 spiro atoms. The fourth-order valence-corrected chi connectivity index (χ4v) is 2.67. The SMILES string of the molecule is COc1ccc(C)cc1C(C)NC(=O)c1n[nH]c2ccccc12. The fourth-order valence-electron chi connectivity index (χ4n) is 2.67. The first-order chi connectivity index (χ1) is 11.1. The van der Waals surface area contributed by atoms with Crippen molar-refractivity contribution in [1.29, 1.82) is 0 Å². The first-order valence-corrected chi connectivity index (χ1v) is 7.48. The highest BCUT2D eigenvalue weighted by Gasteiger charge is 2.18. The Balaban J connectivity index is 1.87. The molecule has 118 valence electrons. The van der Waals surface area contributed by atoms with Gasteiger partial charge in [-0.1, -0.05) is 35.9 Å². The molecule has 0 fully saturated rings. The van der Waals surface area contributed by atoms with Crippen LogP contribution in [-0.2, 0) is 0 Å². The van der Waals surface area contributed by atoms with Crippen LogP contribution in [0.15, 0.2) is 42.5 Å². The average Bonchev–Trinajstić information content (AvgIpc) is 2.98. The minimum atomic E-state index is -0.210. The van der Waals surface area contributed by atoms with Crippen molar-refractivity contribution in [2.75, 3.05) is 7.11 Å². The summed E-state index contributed by atoms with van der Waals surface area (Å²) in [5, 5.41) is 10.8. The van der Waals surface area contributed by atoms with Gasteiger partial charge in [0.05, 0.1) is 18.7 Å². The molecule has 23 heavy (non-hydrogen) atoms. The Bertz CT molecular complexity index is 854. The maximum absolute atomic E-state index is 12.6. The van der Waals surface area contributed by atoms with E-state index < -0.39 is 0 Å². The van der Waals surface area contributed by atoms with Crippen LogP contribution in [0.5, 0.6) is 5.75 Å². The van der Waals surface area contributed by atoms with Crippen LogP contribution in [0, 0.1) is 6.92 Å². The molecule has 0 saturated carbocycles. The smallest absolute Gasteiger partial charge is 0.272 e. The number of fused-ring (bicyclic) bond motifs is 1. The van der Waals surface area contributed by atoms with Gasteiger partial charge >= 0.3 is 0 Å². The number of carbonyl (C=O) groups is 1. The largest absolute Gasteiger partial charge is 0.496 e. The van der Waals surface area contributed by atoms with Crippen molar-refractivity contribution in [3.63, 3.8) is 0 Å². The van der Waals surface area contributed by atoms with Crippen molar-refractivity contribution in [3.05, 3.63) is 59.3 Å². The monoisotopic (exact) mass is 309 g/mol. The first-order valence-electron chi connectivity index (χ1n) is 7.48. The number of nitrogens with zero attached hydrogens (tertiary/aromatic N) is 1. The third kappa shape index (κ3) is 2.90. The van der Waals surface area contributed by atoms with Crippen LogP contribution in [0.4, 0.5) is 0 Å². The molecular formula is C18H19N3O2. The minimum absolute atomic E-state index is 0.187. The van der Waals surface area contributed by atoms with E-state index in [0.717, 1.165) is 27.8 Å². The zero-order chi connectivity index (χ0) is 16.4. The number of aromatic nitrogens is 2. The molecule has 1 heterocycles. The van der Waals surface area contributed by atoms with Gasteiger partial charge < -0.3 is 10.1 Å². The second kappa shape index (κ2) is 6.12. The molecule has 0 aliphatic rings. The van der Waals surface area contributed by atoms with Crippen LogP contribution in [-0.4, -0.2) is 23.2 Å². The summed E-state index contributed by atoms with van der Waals surface area (Å²) in [7, 11) is 1.63. The van der Waals surface area contributed by atoms with Crippen molar-refractivity contribution in [1.82, 2.24) is 15.5 Å². The Hall–Kier alpha value is -2.82. The number of para-hydroxylation sites is 1. The van der Waals surface area contributed by atoms with E-state index in [-0.39, 0.29) is 11.9 Å². The summed E-state index contributed by atoms with van der Waals surface area (Å²) in [6, 6.07) is 13.3. The van der Waals surface area contributed by atoms with E-state index >= 15 is 0 Å². The number of amides is 1. The van der Waals surface area contributed by atoms with E-state index in [4.69, 9.17) is 4.74 Å². The predicted octanol–water partition coefficient (Wildman–Crippen LogP) is 3.37. The molecule has 0 bridgehead atoms. The van der Waals surface area contributed by atoms with Gasteiger partial charge in [-0.3, -0.25) is 9.89 Å². The Morgan fingerprint density at radius 3 is 2.83 bits per heavy atom. The van der Waals surface area contributed by atoms with Crippen LogP contribution < -0.4 is 10.1 Å². The molecule has 5 heteroatoms. The van der Waals surface area contributed by atoms with Crippen LogP contribution >= 0.6 is 0 Å². The lowest BCUT2D eigenvalue weighted by Gasteiger charge is -2.17. The zero-order valence-corrected chi connectivity index (χ0v) is 13.4. The second-order valence-electron chi connectivity index (χ2n) is 5.56. The molecule has 0 saturated heterocycles. The van der Waals surface area contributed by atoms with E-state index in [2.05, 4.69) is 15.5 Å². The second-order valence-corrected chi connectivity index (χ2v) is 5.56. The number of ether oxygens (including phenoxy) is 1. The number of H-pyrrole nitrogens is 1. The molecule has 1 amide bonds. The summed E-state index contributed by atoms with van der Waals surface area (Å²) in [6.45, 7) is 3.95. The molecular weight excluding hydrogens is 290 g/mol. The van der Waals surface area contributed by atoms with Gasteiger partial charge in [0.25, 0.3) is 5.91 Å². The fraction of sp³-hybridized carbons (Fsp3) is 0.222. The Morgan fingerprint density at radius 2 is 2.04 bits per heavy atom. The van der Waals surface area contributed by atoms with Gasteiger partial charge in [0, 0.05) is 10.9 Å². The molecule has 2 aromatic carbocycles. The van der Waals surface area contributed by atoms with Gasteiger partial charge in [0.2, 0.25) is 0 Å². The quantitative estimate of drug-likeness (QED) is 0.776. The first kappa shape index (κ1) is 15.1. The van der Waals surface area contributed by atoms with E-state index in [1.54, 1.807) is 7.11 Å². The maximum atomic E-state index is 12.6. The summed E-state index contributed by atoms with van der Waals surface area (Å²) in [6.07, 6.45) is 0. The van der Waals surface area contributed by atoms with Gasteiger partial charge in [0.1, 0.15) is 5.75 Å². The van der Waals surface area contributed by atoms with Crippen LogP contribution in [0.3, 0.4) is 0 Å². The molecule has 1 unspecified atom stereocenters. The van der Waals surface area contributed by atoms with E-state index in [0.29, 0.717) is 5.69 Å². The van der Waals surface area contributed by atoms with Crippen molar-refractivity contribution < 1.29 is 9.53 Å². The summed E-state index contributed by atoms with van der Waals surface area (Å²) in [5.74, 6) is 0.550. The molecule has 2 N–H and O–H groups in total. The lowest BCUT2D eigenvalue weighted by atomic mass is 10.0. The summed E-state index contributed by atoms with van der Waals surface area (Å²) in [4.78, 5) is 12.6. The number of aryl methyl sites for hydroxylation is 1. The van der Waals surface area contributed by atoms with Crippen molar-refractivity contribution in [2.45, 2.75) is 19.9 Å². The van der Waals surface area contributed by atoms with E-state index in [1.165, 1.54) is 0 Å². The number of nitrogens with one attached hydrogen (secondary N) is 2. The van der Waals surface area contributed by atoms with Crippen molar-refractivity contribution >= 4 is 16.8 Å². The van der Waals surface area contributed by atoms with Gasteiger partial charge in [0.15, 0.2) is 5.69 Å². The van der Waals surface area contributed by atoms with Crippen LogP contribution in [0.1, 0.15) is 34.6 Å². The normalized spacial score (nSPS) is 12.1. The molecule has 1 atom stereocenters. The highest BCUT2D eigenvalue weighted by molar-refractivity contribution is 6.04. The lowest BCUT2D eigenvalue weighted by molar-refractivity contribution is 0.0936.